The van der Waals surface area contributed by atoms with E-state index < -0.39 is 23.9 Å². The molecule has 1 N–H and O–H groups in total. The molecule has 4 rings (SSSR count). The number of benzene rings is 2. The van der Waals surface area contributed by atoms with Crippen molar-refractivity contribution in [3.05, 3.63) is 53.6 Å². The molecule has 4 atom stereocenters. The summed E-state index contributed by atoms with van der Waals surface area (Å²) in [5.74, 6) is -0.827. The van der Waals surface area contributed by atoms with Gasteiger partial charge in [0.2, 0.25) is 11.8 Å². The Morgan fingerprint density at radius 1 is 1.03 bits per heavy atom. The molecule has 4 unspecified atom stereocenters. The molecule has 1 heterocycles. The first-order valence-electron chi connectivity index (χ1n) is 11.3. The molecule has 4 amide bonds. The molecule has 10 heteroatoms. The molecular formula is C25H28ClN3O6. The molecule has 1 saturated heterocycles. The van der Waals surface area contributed by atoms with Crippen LogP contribution in [0.2, 0.25) is 5.02 Å². The van der Waals surface area contributed by atoms with Gasteiger partial charge in [0.25, 0.3) is 0 Å². The molecule has 2 fully saturated rings. The highest BCUT2D eigenvalue weighted by Gasteiger charge is 2.52. The molecule has 1 aliphatic heterocycles. The van der Waals surface area contributed by atoms with E-state index in [1.807, 2.05) is 0 Å². The van der Waals surface area contributed by atoms with E-state index in [2.05, 4.69) is 5.32 Å². The zero-order chi connectivity index (χ0) is 25.1. The van der Waals surface area contributed by atoms with E-state index in [1.54, 1.807) is 62.8 Å². The molecule has 9 nitrogen and oxygen atoms in total. The maximum absolute atomic E-state index is 13.7. The molecule has 2 aromatic carbocycles. The average Bonchev–Trinajstić information content (AvgIpc) is 2.86. The number of anilines is 2. The van der Waals surface area contributed by atoms with Crippen LogP contribution >= 0.6 is 11.6 Å². The van der Waals surface area contributed by atoms with Gasteiger partial charge in [0.15, 0.2) is 0 Å². The van der Waals surface area contributed by atoms with E-state index >= 15 is 0 Å². The number of hydrogen-bond donors (Lipinski definition) is 1. The minimum atomic E-state index is -0.584. The second kappa shape index (κ2) is 10.6. The number of para-hydroxylation sites is 2. The highest BCUT2D eigenvalue weighted by atomic mass is 35.5. The van der Waals surface area contributed by atoms with E-state index in [9.17, 15) is 14.4 Å². The SMILES string of the molecule is COc1ccccc1NC(=O)CN1C(=O)N(c2cccc(Cl)c2)C(=O)C2CC(OC)C(OC)CC21. The number of hydrogen-bond acceptors (Lipinski definition) is 6. The zero-order valence-corrected chi connectivity index (χ0v) is 20.5. The lowest BCUT2D eigenvalue weighted by molar-refractivity contribution is -0.139. The normalized spacial score (nSPS) is 24.2. The summed E-state index contributed by atoms with van der Waals surface area (Å²) in [6.45, 7) is -0.253. The van der Waals surface area contributed by atoms with Crippen LogP contribution in [0.3, 0.4) is 0 Å². The van der Waals surface area contributed by atoms with Gasteiger partial charge in [0.1, 0.15) is 12.3 Å². The third kappa shape index (κ3) is 4.98. The summed E-state index contributed by atoms with van der Waals surface area (Å²) < 4.78 is 16.5. The molecule has 0 aromatic heterocycles. The van der Waals surface area contributed by atoms with Crippen LogP contribution in [-0.4, -0.2) is 68.9 Å². The number of amides is 4. The number of ether oxygens (including phenoxy) is 3. The van der Waals surface area contributed by atoms with Crippen molar-refractivity contribution >= 4 is 40.8 Å². The number of methoxy groups -OCH3 is 3. The molecule has 186 valence electrons. The Morgan fingerprint density at radius 2 is 1.74 bits per heavy atom. The van der Waals surface area contributed by atoms with Crippen molar-refractivity contribution < 1.29 is 28.6 Å². The Kier molecular flexibility index (Phi) is 7.59. The first kappa shape index (κ1) is 25.0. The number of halogens is 1. The van der Waals surface area contributed by atoms with Crippen molar-refractivity contribution in [3.63, 3.8) is 0 Å². The summed E-state index contributed by atoms with van der Waals surface area (Å²) in [7, 11) is 4.65. The summed E-state index contributed by atoms with van der Waals surface area (Å²) >= 11 is 6.14. The van der Waals surface area contributed by atoms with Gasteiger partial charge in [-0.15, -0.1) is 0 Å². The minimum Gasteiger partial charge on any atom is -0.495 e. The highest BCUT2D eigenvalue weighted by molar-refractivity contribution is 6.31. The lowest BCUT2D eigenvalue weighted by Crippen LogP contribution is -2.66. The van der Waals surface area contributed by atoms with Crippen molar-refractivity contribution in [1.29, 1.82) is 0 Å². The number of carbonyl (C=O) groups excluding carboxylic acids is 3. The van der Waals surface area contributed by atoms with Gasteiger partial charge >= 0.3 is 6.03 Å². The second-order valence-electron chi connectivity index (χ2n) is 8.51. The zero-order valence-electron chi connectivity index (χ0n) is 19.8. The predicted octanol–water partition coefficient (Wildman–Crippen LogP) is 3.56. The molecular weight excluding hydrogens is 474 g/mol. The van der Waals surface area contributed by atoms with Crippen LogP contribution in [-0.2, 0) is 19.1 Å². The van der Waals surface area contributed by atoms with Crippen LogP contribution < -0.4 is 15.0 Å². The number of carbonyl (C=O) groups is 3. The van der Waals surface area contributed by atoms with Gasteiger partial charge in [-0.05, 0) is 43.2 Å². The number of imide groups is 1. The van der Waals surface area contributed by atoms with Gasteiger partial charge in [-0.3, -0.25) is 9.59 Å². The smallest absolute Gasteiger partial charge is 0.332 e. The predicted molar refractivity (Wildman–Crippen MR) is 131 cm³/mol. The Bertz CT molecular complexity index is 1110. The van der Waals surface area contributed by atoms with Crippen molar-refractivity contribution in [2.24, 2.45) is 5.92 Å². The largest absolute Gasteiger partial charge is 0.495 e. The maximum atomic E-state index is 13.7. The number of rotatable bonds is 7. The Morgan fingerprint density at radius 3 is 2.43 bits per heavy atom. The molecule has 35 heavy (non-hydrogen) atoms. The van der Waals surface area contributed by atoms with Crippen LogP contribution in [0.25, 0.3) is 0 Å². The Hall–Kier alpha value is -3.14. The van der Waals surface area contributed by atoms with Gasteiger partial charge in [-0.25, -0.2) is 9.69 Å². The first-order chi connectivity index (χ1) is 16.9. The first-order valence-corrected chi connectivity index (χ1v) is 11.6. The van der Waals surface area contributed by atoms with E-state index in [0.29, 0.717) is 35.0 Å². The quantitative estimate of drug-likeness (QED) is 0.623. The van der Waals surface area contributed by atoms with Gasteiger partial charge in [0.05, 0.1) is 36.6 Å². The summed E-state index contributed by atoms with van der Waals surface area (Å²) in [5.41, 5.74) is 0.838. The van der Waals surface area contributed by atoms with Crippen molar-refractivity contribution in [1.82, 2.24) is 4.90 Å². The van der Waals surface area contributed by atoms with Crippen LogP contribution in [0, 0.1) is 5.92 Å². The monoisotopic (exact) mass is 501 g/mol. The second-order valence-corrected chi connectivity index (χ2v) is 8.94. The fourth-order valence-corrected chi connectivity index (χ4v) is 5.06. The summed E-state index contributed by atoms with van der Waals surface area (Å²) in [6, 6.07) is 12.4. The molecule has 2 aromatic rings. The van der Waals surface area contributed by atoms with Crippen LogP contribution in [0.1, 0.15) is 12.8 Å². The van der Waals surface area contributed by atoms with Gasteiger partial charge in [0, 0.05) is 25.3 Å². The van der Waals surface area contributed by atoms with Gasteiger partial charge in [-0.1, -0.05) is 29.8 Å². The fourth-order valence-electron chi connectivity index (χ4n) is 4.88. The van der Waals surface area contributed by atoms with Crippen molar-refractivity contribution in [2.45, 2.75) is 31.1 Å². The van der Waals surface area contributed by atoms with Crippen LogP contribution in [0.4, 0.5) is 16.2 Å². The molecule has 0 spiro atoms. The molecule has 2 aliphatic rings. The minimum absolute atomic E-state index is 0.253. The Balaban J connectivity index is 1.66. The van der Waals surface area contributed by atoms with E-state index in [-0.39, 0.29) is 24.7 Å². The third-order valence-electron chi connectivity index (χ3n) is 6.58. The number of nitrogens with one attached hydrogen (secondary N) is 1. The molecule has 0 bridgehead atoms. The van der Waals surface area contributed by atoms with E-state index in [1.165, 1.54) is 12.0 Å². The highest BCUT2D eigenvalue weighted by Crippen LogP contribution is 2.39. The van der Waals surface area contributed by atoms with Crippen LogP contribution in [0.15, 0.2) is 48.5 Å². The summed E-state index contributed by atoms with van der Waals surface area (Å²) in [4.78, 5) is 42.9. The molecule has 1 saturated carbocycles. The van der Waals surface area contributed by atoms with E-state index in [4.69, 9.17) is 25.8 Å². The van der Waals surface area contributed by atoms with Crippen molar-refractivity contribution in [2.75, 3.05) is 38.1 Å². The molecule has 0 radical (unpaired) electrons. The number of urea groups is 1. The van der Waals surface area contributed by atoms with E-state index in [0.717, 1.165) is 4.90 Å². The maximum Gasteiger partial charge on any atom is 0.332 e. The Labute approximate surface area is 208 Å². The van der Waals surface area contributed by atoms with Crippen LogP contribution in [0.5, 0.6) is 5.75 Å². The molecule has 1 aliphatic carbocycles. The summed E-state index contributed by atoms with van der Waals surface area (Å²) in [5, 5.41) is 3.20. The summed E-state index contributed by atoms with van der Waals surface area (Å²) in [6.07, 6.45) is 0.0823. The lowest BCUT2D eigenvalue weighted by atomic mass is 9.78. The third-order valence-corrected chi connectivity index (χ3v) is 6.82. The number of fused-ring (bicyclic) bond motifs is 1. The topological polar surface area (TPSA) is 97.4 Å². The van der Waals surface area contributed by atoms with Gasteiger partial charge in [-0.2, -0.15) is 0 Å². The lowest BCUT2D eigenvalue weighted by Gasteiger charge is -2.49. The number of nitrogens with zero attached hydrogens (tertiary/aromatic N) is 2. The van der Waals surface area contributed by atoms with Gasteiger partial charge < -0.3 is 24.4 Å². The average molecular weight is 502 g/mol. The standard InChI is InChI=1S/C25H28ClN3O6/c1-33-20-10-5-4-9-18(20)27-23(30)14-28-19-13-22(35-3)21(34-2)12-17(19)24(31)29(25(28)32)16-8-6-7-15(26)11-16/h4-11,17,19,21-22H,12-14H2,1-3H3,(H,27,30). The fraction of sp³-hybridized carbons (Fsp3) is 0.400. The van der Waals surface area contributed by atoms with Crippen molar-refractivity contribution in [3.8, 4) is 5.75 Å².